The zero-order chi connectivity index (χ0) is 18.4. The van der Waals surface area contributed by atoms with Crippen LogP contribution in [0.2, 0.25) is 0 Å². The largest absolute Gasteiger partial charge is 0.356 e. The second kappa shape index (κ2) is 11.6. The van der Waals surface area contributed by atoms with Crippen molar-refractivity contribution in [2.45, 2.75) is 52.5 Å². The molecule has 2 saturated heterocycles. The number of guanidine groups is 1. The number of aromatic nitrogens is 1. The molecule has 0 radical (unpaired) electrons. The molecule has 0 aromatic carbocycles. The maximum Gasteiger partial charge on any atom is 0.193 e. The summed E-state index contributed by atoms with van der Waals surface area (Å²) in [7, 11) is 1.92. The minimum atomic E-state index is 0. The van der Waals surface area contributed by atoms with Gasteiger partial charge in [0.2, 0.25) is 0 Å². The number of aryl methyl sites for hydroxylation is 1. The summed E-state index contributed by atoms with van der Waals surface area (Å²) in [5.74, 6) is 2.64. The van der Waals surface area contributed by atoms with Gasteiger partial charge in [-0.3, -0.25) is 9.89 Å². The van der Waals surface area contributed by atoms with Crippen molar-refractivity contribution in [3.63, 3.8) is 0 Å². The maximum absolute atomic E-state index is 4.71. The SMILES string of the molecule is CCc1nc(CN2CCC(CNC(=NC)N3CCCC(C)C3)CC2)cs1.I. The van der Waals surface area contributed by atoms with Gasteiger partial charge in [0.15, 0.2) is 5.96 Å². The Bertz CT molecular complexity index is 583. The van der Waals surface area contributed by atoms with Crippen molar-refractivity contribution in [1.82, 2.24) is 20.1 Å². The van der Waals surface area contributed by atoms with Gasteiger partial charge in [-0.25, -0.2) is 4.98 Å². The van der Waals surface area contributed by atoms with Crippen molar-refractivity contribution < 1.29 is 0 Å². The van der Waals surface area contributed by atoms with Crippen molar-refractivity contribution in [2.24, 2.45) is 16.8 Å². The first-order valence-corrected chi connectivity index (χ1v) is 11.2. The lowest BCUT2D eigenvalue weighted by atomic mass is 9.96. The van der Waals surface area contributed by atoms with Gasteiger partial charge >= 0.3 is 0 Å². The number of nitrogens with zero attached hydrogens (tertiary/aromatic N) is 4. The first kappa shape index (κ1) is 22.9. The first-order chi connectivity index (χ1) is 12.7. The molecule has 1 N–H and O–H groups in total. The quantitative estimate of drug-likeness (QED) is 0.375. The number of aliphatic imine (C=N–C) groups is 1. The highest BCUT2D eigenvalue weighted by Crippen LogP contribution is 2.20. The Morgan fingerprint density at radius 1 is 1.30 bits per heavy atom. The van der Waals surface area contributed by atoms with E-state index in [0.29, 0.717) is 0 Å². The molecule has 2 aliphatic rings. The van der Waals surface area contributed by atoms with Crippen molar-refractivity contribution >= 4 is 41.3 Å². The molecule has 0 spiro atoms. The summed E-state index contributed by atoms with van der Waals surface area (Å²) < 4.78 is 0. The van der Waals surface area contributed by atoms with E-state index in [-0.39, 0.29) is 24.0 Å². The van der Waals surface area contributed by atoms with E-state index in [1.807, 2.05) is 7.05 Å². The summed E-state index contributed by atoms with van der Waals surface area (Å²) in [5.41, 5.74) is 1.25. The summed E-state index contributed by atoms with van der Waals surface area (Å²) in [6.07, 6.45) is 6.23. The van der Waals surface area contributed by atoms with Crippen LogP contribution in [-0.4, -0.2) is 60.5 Å². The molecule has 1 unspecified atom stereocenters. The molecule has 5 nitrogen and oxygen atoms in total. The molecule has 2 aliphatic heterocycles. The van der Waals surface area contributed by atoms with Crippen molar-refractivity contribution in [3.8, 4) is 0 Å². The molecule has 1 atom stereocenters. The second-order valence-corrected chi connectivity index (χ2v) is 8.87. The standard InChI is InChI=1S/C20H35N5S.HI/c1-4-19-23-18(15-26-19)14-24-10-7-17(8-11-24)12-22-20(21-3)25-9-5-6-16(2)13-25;/h15-17H,4-14H2,1-3H3,(H,21,22);1H. The highest BCUT2D eigenvalue weighted by molar-refractivity contribution is 14.0. The number of nitrogens with one attached hydrogen (secondary N) is 1. The van der Waals surface area contributed by atoms with Crippen LogP contribution in [-0.2, 0) is 13.0 Å². The molecule has 1 aromatic rings. The van der Waals surface area contributed by atoms with Crippen LogP contribution in [0.15, 0.2) is 10.4 Å². The molecule has 1 aromatic heterocycles. The van der Waals surface area contributed by atoms with Gasteiger partial charge in [0.1, 0.15) is 0 Å². The number of piperidine rings is 2. The van der Waals surface area contributed by atoms with Crippen LogP contribution < -0.4 is 5.32 Å². The van der Waals surface area contributed by atoms with Gasteiger partial charge in [-0.05, 0) is 57.0 Å². The second-order valence-electron chi connectivity index (χ2n) is 7.93. The van der Waals surface area contributed by atoms with Crippen LogP contribution in [0, 0.1) is 11.8 Å². The lowest BCUT2D eigenvalue weighted by Crippen LogP contribution is -2.48. The zero-order valence-corrected chi connectivity index (χ0v) is 20.3. The summed E-state index contributed by atoms with van der Waals surface area (Å²) in [4.78, 5) is 14.2. The smallest absolute Gasteiger partial charge is 0.193 e. The molecule has 0 amide bonds. The Kier molecular flexibility index (Phi) is 9.79. The number of likely N-dealkylation sites (tertiary alicyclic amines) is 2. The Morgan fingerprint density at radius 2 is 2.07 bits per heavy atom. The molecule has 154 valence electrons. The summed E-state index contributed by atoms with van der Waals surface area (Å²) in [6, 6.07) is 0. The molecule has 3 rings (SSSR count). The first-order valence-electron chi connectivity index (χ1n) is 10.3. The normalized spacial score (nSPS) is 22.6. The van der Waals surface area contributed by atoms with E-state index < -0.39 is 0 Å². The summed E-state index contributed by atoms with van der Waals surface area (Å²) in [6.45, 7) is 11.3. The molecule has 0 bridgehead atoms. The van der Waals surface area contributed by atoms with Gasteiger partial charge in [-0.1, -0.05) is 13.8 Å². The van der Waals surface area contributed by atoms with E-state index in [2.05, 4.69) is 39.3 Å². The Labute approximate surface area is 186 Å². The van der Waals surface area contributed by atoms with Crippen LogP contribution >= 0.6 is 35.3 Å². The zero-order valence-electron chi connectivity index (χ0n) is 17.1. The van der Waals surface area contributed by atoms with E-state index in [0.717, 1.165) is 50.4 Å². The van der Waals surface area contributed by atoms with E-state index in [4.69, 9.17) is 4.98 Å². The maximum atomic E-state index is 4.71. The molecule has 3 heterocycles. The third-order valence-corrected chi connectivity index (χ3v) is 6.75. The minimum absolute atomic E-state index is 0. The fourth-order valence-electron chi connectivity index (χ4n) is 4.11. The van der Waals surface area contributed by atoms with Gasteiger partial charge < -0.3 is 10.2 Å². The van der Waals surface area contributed by atoms with E-state index in [1.165, 1.54) is 49.5 Å². The number of halogens is 1. The molecule has 7 heteroatoms. The monoisotopic (exact) mass is 505 g/mol. The van der Waals surface area contributed by atoms with Gasteiger partial charge in [-0.2, -0.15) is 0 Å². The number of rotatable bonds is 5. The number of hydrogen-bond donors (Lipinski definition) is 1. The lowest BCUT2D eigenvalue weighted by molar-refractivity contribution is 0.175. The highest BCUT2D eigenvalue weighted by atomic mass is 127. The number of thiazole rings is 1. The van der Waals surface area contributed by atoms with Crippen LogP contribution in [0.4, 0.5) is 0 Å². The van der Waals surface area contributed by atoms with Crippen LogP contribution in [0.25, 0.3) is 0 Å². The van der Waals surface area contributed by atoms with Crippen molar-refractivity contribution in [1.29, 1.82) is 0 Å². The topological polar surface area (TPSA) is 43.8 Å². The minimum Gasteiger partial charge on any atom is -0.356 e. The van der Waals surface area contributed by atoms with Crippen molar-refractivity contribution in [3.05, 3.63) is 16.1 Å². The van der Waals surface area contributed by atoms with Gasteiger partial charge in [0, 0.05) is 38.6 Å². The summed E-state index contributed by atoms with van der Waals surface area (Å²) >= 11 is 1.80. The molecule has 0 aliphatic carbocycles. The van der Waals surface area contributed by atoms with Gasteiger partial charge in [0.05, 0.1) is 10.7 Å². The van der Waals surface area contributed by atoms with Gasteiger partial charge in [-0.15, -0.1) is 35.3 Å². The third-order valence-electron chi connectivity index (χ3n) is 5.71. The molecule has 0 saturated carbocycles. The third kappa shape index (κ3) is 6.85. The van der Waals surface area contributed by atoms with Crippen molar-refractivity contribution in [2.75, 3.05) is 39.8 Å². The Balaban J connectivity index is 0.00000261. The lowest BCUT2D eigenvalue weighted by Gasteiger charge is -2.35. The van der Waals surface area contributed by atoms with Crippen LogP contribution in [0.3, 0.4) is 0 Å². The van der Waals surface area contributed by atoms with E-state index in [1.54, 1.807) is 11.3 Å². The Hall–Kier alpha value is -0.410. The molecular weight excluding hydrogens is 469 g/mol. The predicted octanol–water partition coefficient (Wildman–Crippen LogP) is 3.84. The van der Waals surface area contributed by atoms with Gasteiger partial charge in [0.25, 0.3) is 0 Å². The average molecular weight is 506 g/mol. The fraction of sp³-hybridized carbons (Fsp3) is 0.800. The molecular formula is C20H36IN5S. The van der Waals surface area contributed by atoms with E-state index in [9.17, 15) is 0 Å². The number of hydrogen-bond acceptors (Lipinski definition) is 4. The van der Waals surface area contributed by atoms with Crippen LogP contribution in [0.1, 0.15) is 50.2 Å². The molecule has 27 heavy (non-hydrogen) atoms. The average Bonchev–Trinajstić information content (AvgIpc) is 3.11. The van der Waals surface area contributed by atoms with Crippen LogP contribution in [0.5, 0.6) is 0 Å². The Morgan fingerprint density at radius 3 is 2.70 bits per heavy atom. The molecule has 2 fully saturated rings. The fourth-order valence-corrected chi connectivity index (χ4v) is 4.85. The highest BCUT2D eigenvalue weighted by Gasteiger charge is 2.22. The van der Waals surface area contributed by atoms with E-state index >= 15 is 0 Å². The summed E-state index contributed by atoms with van der Waals surface area (Å²) in [5, 5.41) is 7.15. The predicted molar refractivity (Wildman–Crippen MR) is 126 cm³/mol.